The van der Waals surface area contributed by atoms with E-state index >= 15 is 0 Å². The molecule has 1 aromatic heterocycles. The Hall–Kier alpha value is -2.61. The highest BCUT2D eigenvalue weighted by atomic mass is 19.1. The summed E-state index contributed by atoms with van der Waals surface area (Å²) in [6, 6.07) is 7.22. The molecule has 0 atom stereocenters. The van der Waals surface area contributed by atoms with Crippen molar-refractivity contribution >= 4 is 11.6 Å². The number of nitrogens with one attached hydrogen (secondary N) is 1. The standard InChI is InChI=1S/C17H18FN3O/c1-4-5-6-9-13-10-7-8-11-14(13)19-17(22)15-12(2)20-21(3)16(15)18/h7-8,10-11H,4-5H2,1-3H3,(H,19,22). The van der Waals surface area contributed by atoms with Gasteiger partial charge in [-0.3, -0.25) is 4.79 Å². The number of rotatable bonds is 3. The van der Waals surface area contributed by atoms with Crippen molar-refractivity contribution in [2.75, 3.05) is 5.32 Å². The van der Waals surface area contributed by atoms with Crippen LogP contribution in [-0.2, 0) is 7.05 Å². The number of para-hydroxylation sites is 1. The summed E-state index contributed by atoms with van der Waals surface area (Å²) in [5.74, 6) is 4.90. The molecule has 2 aromatic rings. The zero-order valence-corrected chi connectivity index (χ0v) is 12.9. The second-order valence-electron chi connectivity index (χ2n) is 4.93. The molecular formula is C17H18FN3O. The van der Waals surface area contributed by atoms with Crippen LogP contribution in [0.15, 0.2) is 24.3 Å². The summed E-state index contributed by atoms with van der Waals surface area (Å²) < 4.78 is 15.0. The number of aromatic nitrogens is 2. The lowest BCUT2D eigenvalue weighted by Gasteiger charge is -2.07. The van der Waals surface area contributed by atoms with Gasteiger partial charge in [-0.15, -0.1) is 0 Å². The fraction of sp³-hybridized carbons (Fsp3) is 0.294. The first-order valence-corrected chi connectivity index (χ1v) is 7.13. The number of halogens is 1. The Balaban J connectivity index is 2.28. The van der Waals surface area contributed by atoms with E-state index in [2.05, 4.69) is 29.2 Å². The summed E-state index contributed by atoms with van der Waals surface area (Å²) in [6.45, 7) is 3.65. The van der Waals surface area contributed by atoms with Crippen molar-refractivity contribution in [3.8, 4) is 11.8 Å². The molecule has 0 aliphatic rings. The van der Waals surface area contributed by atoms with Gasteiger partial charge in [0.1, 0.15) is 5.56 Å². The number of carbonyl (C=O) groups is 1. The minimum atomic E-state index is -0.649. The molecule has 0 saturated carbocycles. The number of carbonyl (C=O) groups excluding carboxylic acids is 1. The number of anilines is 1. The number of nitrogens with zero attached hydrogens (tertiary/aromatic N) is 2. The molecule has 22 heavy (non-hydrogen) atoms. The Morgan fingerprint density at radius 2 is 2.14 bits per heavy atom. The van der Waals surface area contributed by atoms with Crippen LogP contribution in [0.4, 0.5) is 10.1 Å². The molecule has 1 heterocycles. The number of amides is 1. The molecule has 0 radical (unpaired) electrons. The van der Waals surface area contributed by atoms with Gasteiger partial charge in [-0.05, 0) is 25.5 Å². The second kappa shape index (κ2) is 6.90. The van der Waals surface area contributed by atoms with Crippen LogP contribution in [0.3, 0.4) is 0 Å². The quantitative estimate of drug-likeness (QED) is 0.884. The van der Waals surface area contributed by atoms with Gasteiger partial charge >= 0.3 is 0 Å². The van der Waals surface area contributed by atoms with E-state index in [0.717, 1.165) is 17.5 Å². The predicted octanol–water partition coefficient (Wildman–Crippen LogP) is 3.27. The molecular weight excluding hydrogens is 281 g/mol. The van der Waals surface area contributed by atoms with Crippen molar-refractivity contribution in [2.45, 2.75) is 26.7 Å². The summed E-state index contributed by atoms with van der Waals surface area (Å²) in [5, 5.41) is 6.62. The third kappa shape index (κ3) is 3.34. The van der Waals surface area contributed by atoms with Crippen molar-refractivity contribution in [1.29, 1.82) is 0 Å². The lowest BCUT2D eigenvalue weighted by Crippen LogP contribution is -2.15. The zero-order chi connectivity index (χ0) is 16.1. The van der Waals surface area contributed by atoms with Gasteiger partial charge in [-0.1, -0.05) is 30.9 Å². The first kappa shape index (κ1) is 15.8. The van der Waals surface area contributed by atoms with Crippen LogP contribution in [0.2, 0.25) is 0 Å². The van der Waals surface area contributed by atoms with Gasteiger partial charge in [-0.2, -0.15) is 9.49 Å². The van der Waals surface area contributed by atoms with Gasteiger partial charge in [0.25, 0.3) is 5.91 Å². The van der Waals surface area contributed by atoms with Crippen LogP contribution in [0, 0.1) is 24.7 Å². The van der Waals surface area contributed by atoms with E-state index in [1.807, 2.05) is 12.1 Å². The number of aryl methyl sites for hydroxylation is 2. The number of hydrogen-bond donors (Lipinski definition) is 1. The second-order valence-corrected chi connectivity index (χ2v) is 4.93. The van der Waals surface area contributed by atoms with Crippen LogP contribution >= 0.6 is 0 Å². The van der Waals surface area contributed by atoms with E-state index in [0.29, 0.717) is 16.9 Å². The molecule has 1 aromatic carbocycles. The van der Waals surface area contributed by atoms with Gasteiger partial charge in [0.05, 0.1) is 11.4 Å². The zero-order valence-electron chi connectivity index (χ0n) is 12.9. The van der Waals surface area contributed by atoms with Crippen molar-refractivity contribution in [3.05, 3.63) is 47.0 Å². The molecule has 1 amide bonds. The maximum Gasteiger partial charge on any atom is 0.262 e. The lowest BCUT2D eigenvalue weighted by molar-refractivity contribution is 0.102. The maximum atomic E-state index is 13.9. The van der Waals surface area contributed by atoms with Crippen molar-refractivity contribution in [3.63, 3.8) is 0 Å². The van der Waals surface area contributed by atoms with E-state index in [9.17, 15) is 9.18 Å². The van der Waals surface area contributed by atoms with E-state index < -0.39 is 11.9 Å². The van der Waals surface area contributed by atoms with Crippen LogP contribution in [-0.4, -0.2) is 15.7 Å². The third-order valence-electron chi connectivity index (χ3n) is 3.15. The molecule has 0 unspecified atom stereocenters. The monoisotopic (exact) mass is 299 g/mol. The molecule has 5 heteroatoms. The molecule has 4 nitrogen and oxygen atoms in total. The van der Waals surface area contributed by atoms with Gasteiger partial charge in [0.2, 0.25) is 5.95 Å². The maximum absolute atomic E-state index is 13.9. The Morgan fingerprint density at radius 1 is 1.41 bits per heavy atom. The summed E-state index contributed by atoms with van der Waals surface area (Å²) >= 11 is 0. The summed E-state index contributed by atoms with van der Waals surface area (Å²) in [7, 11) is 1.46. The highest BCUT2D eigenvalue weighted by Crippen LogP contribution is 2.18. The highest BCUT2D eigenvalue weighted by Gasteiger charge is 2.20. The molecule has 1 N–H and O–H groups in total. The van der Waals surface area contributed by atoms with E-state index in [1.165, 1.54) is 7.05 Å². The highest BCUT2D eigenvalue weighted by molar-refractivity contribution is 6.05. The van der Waals surface area contributed by atoms with Crippen LogP contribution < -0.4 is 5.32 Å². The summed E-state index contributed by atoms with van der Waals surface area (Å²) in [6.07, 6.45) is 1.76. The Bertz CT molecular complexity index is 753. The molecule has 2 rings (SSSR count). The SMILES string of the molecule is CCCC#Cc1ccccc1NC(=O)c1c(C)nn(C)c1F. The predicted molar refractivity (Wildman–Crippen MR) is 84.1 cm³/mol. The molecule has 0 aliphatic heterocycles. The topological polar surface area (TPSA) is 46.9 Å². The normalized spacial score (nSPS) is 10.0. The van der Waals surface area contributed by atoms with Crippen molar-refractivity contribution < 1.29 is 9.18 Å². The number of unbranched alkanes of at least 4 members (excludes halogenated alkanes) is 1. The molecule has 0 spiro atoms. The third-order valence-corrected chi connectivity index (χ3v) is 3.15. The average molecular weight is 299 g/mol. The number of hydrogen-bond acceptors (Lipinski definition) is 2. The van der Waals surface area contributed by atoms with E-state index in [-0.39, 0.29) is 5.56 Å². The number of benzene rings is 1. The first-order valence-electron chi connectivity index (χ1n) is 7.13. The largest absolute Gasteiger partial charge is 0.321 e. The lowest BCUT2D eigenvalue weighted by atomic mass is 10.1. The summed E-state index contributed by atoms with van der Waals surface area (Å²) in [5.41, 5.74) is 1.59. The van der Waals surface area contributed by atoms with Crippen LogP contribution in [0.5, 0.6) is 0 Å². The molecule has 0 fully saturated rings. The molecule has 0 aliphatic carbocycles. The average Bonchev–Trinajstić information content (AvgIpc) is 2.74. The minimum absolute atomic E-state index is 0.0428. The van der Waals surface area contributed by atoms with Gasteiger partial charge in [0.15, 0.2) is 0 Å². The molecule has 0 bridgehead atoms. The Kier molecular flexibility index (Phi) is 4.95. The molecule has 114 valence electrons. The van der Waals surface area contributed by atoms with Crippen molar-refractivity contribution in [1.82, 2.24) is 9.78 Å². The van der Waals surface area contributed by atoms with Gasteiger partial charge < -0.3 is 5.32 Å². The van der Waals surface area contributed by atoms with E-state index in [4.69, 9.17) is 0 Å². The van der Waals surface area contributed by atoms with Crippen LogP contribution in [0.25, 0.3) is 0 Å². The fourth-order valence-electron chi connectivity index (χ4n) is 2.06. The van der Waals surface area contributed by atoms with Crippen molar-refractivity contribution in [2.24, 2.45) is 7.05 Å². The Morgan fingerprint density at radius 3 is 2.77 bits per heavy atom. The van der Waals surface area contributed by atoms with Gasteiger partial charge in [0, 0.05) is 19.0 Å². The summed E-state index contributed by atoms with van der Waals surface area (Å²) in [4.78, 5) is 12.3. The fourth-order valence-corrected chi connectivity index (χ4v) is 2.06. The smallest absolute Gasteiger partial charge is 0.262 e. The van der Waals surface area contributed by atoms with Gasteiger partial charge in [-0.25, -0.2) is 4.68 Å². The van der Waals surface area contributed by atoms with Crippen LogP contribution in [0.1, 0.15) is 41.4 Å². The Labute approximate surface area is 129 Å². The first-order chi connectivity index (χ1) is 10.5. The molecule has 0 saturated heterocycles. The minimum Gasteiger partial charge on any atom is -0.321 e. The van der Waals surface area contributed by atoms with E-state index in [1.54, 1.807) is 19.1 Å².